The van der Waals surface area contributed by atoms with Crippen molar-refractivity contribution in [2.75, 3.05) is 24.8 Å². The quantitative estimate of drug-likeness (QED) is 0.488. The van der Waals surface area contributed by atoms with Crippen molar-refractivity contribution in [3.63, 3.8) is 0 Å². The van der Waals surface area contributed by atoms with Gasteiger partial charge < -0.3 is 24.2 Å². The van der Waals surface area contributed by atoms with E-state index in [-0.39, 0.29) is 36.8 Å². The average molecular weight is 556 g/mol. The maximum atomic E-state index is 15.4. The average Bonchev–Trinajstić information content (AvgIpc) is 3.13. The fourth-order valence-corrected chi connectivity index (χ4v) is 6.97. The highest BCUT2D eigenvalue weighted by molar-refractivity contribution is 7.98. The highest BCUT2D eigenvalue weighted by atomic mass is 32.2. The highest BCUT2D eigenvalue weighted by Gasteiger charge is 2.47. The summed E-state index contributed by atoms with van der Waals surface area (Å²) in [6.45, 7) is 4.18. The Kier molecular flexibility index (Phi) is 5.21. The highest BCUT2D eigenvalue weighted by Crippen LogP contribution is 2.53. The van der Waals surface area contributed by atoms with Crippen LogP contribution >= 0.6 is 11.8 Å². The molecule has 5 heterocycles. The molecule has 4 aliphatic heterocycles. The normalized spacial score (nSPS) is 22.5. The van der Waals surface area contributed by atoms with Crippen molar-refractivity contribution in [3.8, 4) is 17.2 Å². The first-order valence-corrected chi connectivity index (χ1v) is 13.4. The summed E-state index contributed by atoms with van der Waals surface area (Å²) in [7, 11) is 0. The second kappa shape index (κ2) is 8.36. The molecule has 9 nitrogen and oxygen atoms in total. The molecular weight excluding hydrogens is 532 g/mol. The molecule has 1 saturated heterocycles. The fraction of sp³-hybridized carbons (Fsp3) is 0.333. The lowest BCUT2D eigenvalue weighted by atomic mass is 9.92. The summed E-state index contributed by atoms with van der Waals surface area (Å²) in [6, 6.07) is 6.62. The zero-order valence-electron chi connectivity index (χ0n) is 20.9. The van der Waals surface area contributed by atoms with Crippen LogP contribution in [0.2, 0.25) is 0 Å². The van der Waals surface area contributed by atoms with E-state index in [1.54, 1.807) is 24.9 Å². The summed E-state index contributed by atoms with van der Waals surface area (Å²) >= 11 is 1.31. The minimum atomic E-state index is -0.969. The first-order valence-electron chi connectivity index (χ1n) is 12.4. The third kappa shape index (κ3) is 3.47. The number of carbonyl (C=O) groups is 1. The molecule has 2 aromatic carbocycles. The van der Waals surface area contributed by atoms with E-state index >= 15 is 4.39 Å². The molecule has 7 rings (SSSR count). The van der Waals surface area contributed by atoms with Gasteiger partial charge in [-0.25, -0.2) is 8.78 Å². The minimum absolute atomic E-state index is 0.114. The Balaban J connectivity index is 1.53. The van der Waals surface area contributed by atoms with E-state index in [4.69, 9.17) is 14.2 Å². The van der Waals surface area contributed by atoms with Crippen LogP contribution in [0.3, 0.4) is 0 Å². The number of fused-ring (bicyclic) bond motifs is 6. The number of hydrogen-bond donors (Lipinski definition) is 1. The van der Waals surface area contributed by atoms with Crippen molar-refractivity contribution in [1.82, 2.24) is 9.58 Å². The second-order valence-corrected chi connectivity index (χ2v) is 11.2. The van der Waals surface area contributed by atoms with Crippen LogP contribution in [0.1, 0.15) is 47.1 Å². The van der Waals surface area contributed by atoms with Gasteiger partial charge in [0, 0.05) is 44.0 Å². The van der Waals surface area contributed by atoms with Crippen LogP contribution in [0.15, 0.2) is 46.2 Å². The number of aromatic hydroxyl groups is 1. The van der Waals surface area contributed by atoms with Crippen molar-refractivity contribution >= 4 is 17.7 Å². The van der Waals surface area contributed by atoms with Crippen LogP contribution in [0.4, 0.5) is 8.78 Å². The Morgan fingerprint density at radius 3 is 2.69 bits per heavy atom. The van der Waals surface area contributed by atoms with Gasteiger partial charge in [0.1, 0.15) is 6.17 Å². The van der Waals surface area contributed by atoms with Crippen LogP contribution in [-0.4, -0.2) is 52.3 Å². The number of hydrogen-bond acceptors (Lipinski definition) is 8. The van der Waals surface area contributed by atoms with E-state index in [2.05, 4.69) is 0 Å². The molecule has 0 spiro atoms. The number of halogens is 2. The molecule has 4 aliphatic rings. The zero-order valence-corrected chi connectivity index (χ0v) is 21.8. The Bertz CT molecular complexity index is 1630. The van der Waals surface area contributed by atoms with Gasteiger partial charge in [-0.3, -0.25) is 19.3 Å². The van der Waals surface area contributed by atoms with Crippen molar-refractivity contribution in [1.29, 1.82) is 0 Å². The Morgan fingerprint density at radius 2 is 1.87 bits per heavy atom. The van der Waals surface area contributed by atoms with Gasteiger partial charge in [-0.15, -0.1) is 11.8 Å². The molecular formula is C27H23F2N3O6S. The molecule has 12 heteroatoms. The number of rotatable bonds is 1. The van der Waals surface area contributed by atoms with E-state index < -0.39 is 46.7 Å². The third-order valence-corrected chi connectivity index (χ3v) is 8.57. The number of pyridine rings is 1. The molecule has 39 heavy (non-hydrogen) atoms. The first-order chi connectivity index (χ1) is 18.7. The van der Waals surface area contributed by atoms with Crippen LogP contribution in [-0.2, 0) is 10.5 Å². The maximum absolute atomic E-state index is 15.4. The molecule has 1 amide bonds. The number of nitrogens with zero attached hydrogens (tertiary/aromatic N) is 3. The molecule has 0 bridgehead atoms. The van der Waals surface area contributed by atoms with Gasteiger partial charge in [0.05, 0.1) is 24.2 Å². The summed E-state index contributed by atoms with van der Waals surface area (Å²) in [5, 5.41) is 12.5. The predicted molar refractivity (Wildman–Crippen MR) is 136 cm³/mol. The van der Waals surface area contributed by atoms with Crippen molar-refractivity contribution in [2.45, 2.75) is 42.5 Å². The summed E-state index contributed by atoms with van der Waals surface area (Å²) in [4.78, 5) is 28.1. The molecule has 2 atom stereocenters. The van der Waals surface area contributed by atoms with Gasteiger partial charge >= 0.3 is 0 Å². The van der Waals surface area contributed by atoms with Crippen molar-refractivity contribution < 1.29 is 32.9 Å². The smallest absolute Gasteiger partial charge is 0.278 e. The molecule has 0 radical (unpaired) electrons. The second-order valence-electron chi connectivity index (χ2n) is 10.2. The van der Waals surface area contributed by atoms with Crippen molar-refractivity contribution in [2.24, 2.45) is 0 Å². The first kappa shape index (κ1) is 24.3. The van der Waals surface area contributed by atoms with Crippen LogP contribution in [0, 0.1) is 11.6 Å². The number of ether oxygens (including phenoxy) is 3. The summed E-state index contributed by atoms with van der Waals surface area (Å²) < 4.78 is 49.2. The molecule has 0 aliphatic carbocycles. The Morgan fingerprint density at radius 1 is 1.08 bits per heavy atom. The van der Waals surface area contributed by atoms with Gasteiger partial charge in [-0.1, -0.05) is 12.1 Å². The van der Waals surface area contributed by atoms with E-state index in [1.165, 1.54) is 39.7 Å². The van der Waals surface area contributed by atoms with E-state index in [1.807, 2.05) is 6.07 Å². The lowest BCUT2D eigenvalue weighted by molar-refractivity contribution is -0.0442. The van der Waals surface area contributed by atoms with Gasteiger partial charge in [-0.2, -0.15) is 0 Å². The van der Waals surface area contributed by atoms with Crippen molar-refractivity contribution in [3.05, 3.63) is 80.8 Å². The maximum Gasteiger partial charge on any atom is 0.278 e. The van der Waals surface area contributed by atoms with Gasteiger partial charge in [0.2, 0.25) is 11.2 Å². The number of benzene rings is 2. The molecule has 0 unspecified atom stereocenters. The molecule has 1 N–H and O–H groups in total. The molecule has 0 saturated carbocycles. The summed E-state index contributed by atoms with van der Waals surface area (Å²) in [5.74, 6) is -2.91. The number of amides is 1. The lowest BCUT2D eigenvalue weighted by Gasteiger charge is -2.51. The molecule has 1 fully saturated rings. The van der Waals surface area contributed by atoms with Gasteiger partial charge in [-0.05, 0) is 23.3 Å². The number of aromatic nitrogens is 1. The minimum Gasteiger partial charge on any atom is -0.502 e. The molecule has 3 aromatic rings. The van der Waals surface area contributed by atoms with Gasteiger partial charge in [0.15, 0.2) is 34.6 Å². The summed E-state index contributed by atoms with van der Waals surface area (Å²) in [6.07, 6.45) is 0.735. The fourth-order valence-electron chi connectivity index (χ4n) is 5.77. The molecule has 202 valence electrons. The van der Waals surface area contributed by atoms with Gasteiger partial charge in [0.25, 0.3) is 5.91 Å². The van der Waals surface area contributed by atoms with E-state index in [9.17, 15) is 19.1 Å². The largest absolute Gasteiger partial charge is 0.502 e. The number of thioether (sulfide) groups is 1. The zero-order chi connectivity index (χ0) is 27.2. The predicted octanol–water partition coefficient (Wildman–Crippen LogP) is 3.48. The SMILES string of the molecule is CC1(C)Oc2ccc3c(c2O1)SCc1c(ccc(F)c1F)[C@@H]3N1[C@@H]2COCCN2C(=O)c2c(O)c(=O)ccn21. The lowest BCUT2D eigenvalue weighted by Crippen LogP contribution is -2.66. The monoisotopic (exact) mass is 555 g/mol. The topological polar surface area (TPSA) is 93.5 Å². The van der Waals surface area contributed by atoms with Crippen LogP contribution in [0.25, 0.3) is 0 Å². The third-order valence-electron chi connectivity index (χ3n) is 7.43. The Hall–Kier alpha value is -3.77. The van der Waals surface area contributed by atoms with Crippen LogP contribution < -0.4 is 19.9 Å². The van der Waals surface area contributed by atoms with E-state index in [0.29, 0.717) is 27.5 Å². The summed E-state index contributed by atoms with van der Waals surface area (Å²) in [5.41, 5.74) is 0.443. The van der Waals surface area contributed by atoms with E-state index in [0.717, 1.165) is 6.07 Å². The Labute approximate surface area is 225 Å². The number of morpholine rings is 1. The standard InChI is InChI=1S/C27H23F2N3O6S/c1-27(2)37-18-6-4-14-21(13-3-5-16(28)20(29)15(13)12-39-25(14)24(18)38-27)32-19-11-36-10-9-30(19)26(35)22-23(34)17(33)7-8-31(22)32/h3-8,19,21,34H,9-12H2,1-2H3/t19-,21+/m1/s1. The molecule has 1 aromatic heterocycles. The number of carbonyl (C=O) groups excluding carboxylic acids is 1. The van der Waals surface area contributed by atoms with Crippen LogP contribution in [0.5, 0.6) is 17.2 Å².